The molecule has 3 N–H and O–H groups in total. The fourth-order valence-corrected chi connectivity index (χ4v) is 2.38. The first-order chi connectivity index (χ1) is 8.52. The van der Waals surface area contributed by atoms with Gasteiger partial charge in [0.25, 0.3) is 0 Å². The maximum atomic E-state index is 6.09. The van der Waals surface area contributed by atoms with E-state index in [9.17, 15) is 0 Å². The summed E-state index contributed by atoms with van der Waals surface area (Å²) >= 11 is 3.46. The molecule has 0 atom stereocenters. The Bertz CT molecular complexity index is 575. The van der Waals surface area contributed by atoms with Crippen molar-refractivity contribution in [2.75, 3.05) is 11.1 Å². The highest BCUT2D eigenvalue weighted by molar-refractivity contribution is 9.10. The van der Waals surface area contributed by atoms with E-state index in [1.807, 2.05) is 26.1 Å². The summed E-state index contributed by atoms with van der Waals surface area (Å²) in [6, 6.07) is 6.09. The van der Waals surface area contributed by atoms with Crippen molar-refractivity contribution in [2.45, 2.75) is 20.3 Å². The molecule has 1 aromatic heterocycles. The zero-order valence-electron chi connectivity index (χ0n) is 10.8. The summed E-state index contributed by atoms with van der Waals surface area (Å²) in [5, 5.41) is 7.74. The molecule has 1 aromatic carbocycles. The summed E-state index contributed by atoms with van der Waals surface area (Å²) in [6.07, 6.45) is 0.834. The van der Waals surface area contributed by atoms with Gasteiger partial charge in [-0.05, 0) is 37.1 Å². The zero-order chi connectivity index (χ0) is 13.3. The van der Waals surface area contributed by atoms with Crippen LogP contribution in [0.15, 0.2) is 22.7 Å². The van der Waals surface area contributed by atoms with Crippen molar-refractivity contribution < 1.29 is 0 Å². The van der Waals surface area contributed by atoms with E-state index in [2.05, 4.69) is 39.3 Å². The van der Waals surface area contributed by atoms with E-state index in [0.717, 1.165) is 39.3 Å². The molecule has 0 bridgehead atoms. The van der Waals surface area contributed by atoms with Gasteiger partial charge in [0.05, 0.1) is 11.4 Å². The summed E-state index contributed by atoms with van der Waals surface area (Å²) in [4.78, 5) is 0. The van der Waals surface area contributed by atoms with Gasteiger partial charge in [-0.3, -0.25) is 4.68 Å². The van der Waals surface area contributed by atoms with Crippen molar-refractivity contribution in [3.05, 3.63) is 33.9 Å². The molecule has 0 saturated carbocycles. The minimum atomic E-state index is 0.724. The molecule has 0 unspecified atom stereocenters. The number of benzene rings is 1. The first-order valence-electron chi connectivity index (χ1n) is 5.87. The lowest BCUT2D eigenvalue weighted by Crippen LogP contribution is -2.02. The molecule has 1 heterocycles. The minimum Gasteiger partial charge on any atom is -0.394 e. The molecule has 2 rings (SSSR count). The second-order valence-corrected chi connectivity index (χ2v) is 5.19. The Balaban J connectivity index is 2.37. The molecular weight excluding hydrogens is 292 g/mol. The number of aromatic nitrogens is 2. The highest BCUT2D eigenvalue weighted by Gasteiger charge is 2.12. The number of hydrogen-bond donors (Lipinski definition) is 2. The number of halogens is 1. The van der Waals surface area contributed by atoms with Crippen LogP contribution in [0.2, 0.25) is 0 Å². The molecule has 0 fully saturated rings. The first kappa shape index (κ1) is 13.0. The summed E-state index contributed by atoms with van der Waals surface area (Å²) in [5.74, 6) is 0.845. The molecule has 18 heavy (non-hydrogen) atoms. The third-order valence-corrected chi connectivity index (χ3v) is 3.43. The third-order valence-electron chi connectivity index (χ3n) is 2.94. The number of anilines is 3. The standard InChI is InChI=1S/C13H17BrN4/c1-4-10-12(15)13(18(3)17-10)16-11-6-5-9(14)7-8(11)2/h5-7,16H,4,15H2,1-3H3. The number of nitrogen functional groups attached to an aromatic ring is 1. The van der Waals surface area contributed by atoms with Crippen LogP contribution in [0.1, 0.15) is 18.2 Å². The number of rotatable bonds is 3. The molecule has 0 saturated heterocycles. The highest BCUT2D eigenvalue weighted by atomic mass is 79.9. The van der Waals surface area contributed by atoms with Crippen LogP contribution in [-0.2, 0) is 13.5 Å². The molecule has 96 valence electrons. The fraction of sp³-hybridized carbons (Fsp3) is 0.308. The molecule has 0 aliphatic carbocycles. The van der Waals surface area contributed by atoms with E-state index in [4.69, 9.17) is 5.73 Å². The van der Waals surface area contributed by atoms with Crippen molar-refractivity contribution >= 4 is 33.1 Å². The quantitative estimate of drug-likeness (QED) is 0.914. The minimum absolute atomic E-state index is 0.724. The second kappa shape index (κ2) is 5.02. The van der Waals surface area contributed by atoms with E-state index in [1.165, 1.54) is 0 Å². The lowest BCUT2D eigenvalue weighted by molar-refractivity contribution is 0.753. The molecule has 0 aliphatic heterocycles. The molecule has 0 aliphatic rings. The second-order valence-electron chi connectivity index (χ2n) is 4.27. The van der Waals surface area contributed by atoms with Crippen molar-refractivity contribution in [2.24, 2.45) is 7.05 Å². The van der Waals surface area contributed by atoms with Crippen LogP contribution in [0.5, 0.6) is 0 Å². The van der Waals surface area contributed by atoms with Gasteiger partial charge in [0.1, 0.15) is 0 Å². The number of nitrogens with zero attached hydrogens (tertiary/aromatic N) is 2. The summed E-state index contributed by atoms with van der Waals surface area (Å²) in [5.41, 5.74) is 9.93. The maximum Gasteiger partial charge on any atom is 0.152 e. The Hall–Kier alpha value is -1.49. The van der Waals surface area contributed by atoms with E-state index in [-0.39, 0.29) is 0 Å². The first-order valence-corrected chi connectivity index (χ1v) is 6.66. The van der Waals surface area contributed by atoms with Gasteiger partial charge in [-0.2, -0.15) is 5.10 Å². The molecule has 2 aromatic rings. The van der Waals surface area contributed by atoms with Crippen LogP contribution >= 0.6 is 15.9 Å². The predicted octanol–water partition coefficient (Wildman–Crippen LogP) is 3.38. The number of aryl methyl sites for hydroxylation is 3. The monoisotopic (exact) mass is 308 g/mol. The van der Waals surface area contributed by atoms with Crippen molar-refractivity contribution in [1.82, 2.24) is 9.78 Å². The Labute approximate surface area is 115 Å². The van der Waals surface area contributed by atoms with Gasteiger partial charge < -0.3 is 11.1 Å². The lowest BCUT2D eigenvalue weighted by Gasteiger charge is -2.10. The Morgan fingerprint density at radius 3 is 2.72 bits per heavy atom. The zero-order valence-corrected chi connectivity index (χ0v) is 12.4. The fourth-order valence-electron chi connectivity index (χ4n) is 1.90. The van der Waals surface area contributed by atoms with E-state index in [0.29, 0.717) is 0 Å². The van der Waals surface area contributed by atoms with Gasteiger partial charge in [0.15, 0.2) is 5.82 Å². The average Bonchev–Trinajstić information content (AvgIpc) is 2.59. The summed E-state index contributed by atoms with van der Waals surface area (Å²) in [6.45, 7) is 4.10. The van der Waals surface area contributed by atoms with Crippen LogP contribution in [-0.4, -0.2) is 9.78 Å². The molecule has 0 amide bonds. The Kier molecular flexibility index (Phi) is 3.61. The van der Waals surface area contributed by atoms with Gasteiger partial charge in [-0.1, -0.05) is 22.9 Å². The number of nitrogens with two attached hydrogens (primary N) is 1. The predicted molar refractivity (Wildman–Crippen MR) is 79.2 cm³/mol. The van der Waals surface area contributed by atoms with Crippen molar-refractivity contribution in [3.63, 3.8) is 0 Å². The van der Waals surface area contributed by atoms with Crippen molar-refractivity contribution in [1.29, 1.82) is 0 Å². The largest absolute Gasteiger partial charge is 0.394 e. The number of nitrogens with one attached hydrogen (secondary N) is 1. The van der Waals surface area contributed by atoms with Gasteiger partial charge in [-0.25, -0.2) is 0 Å². The van der Waals surface area contributed by atoms with Gasteiger partial charge in [0, 0.05) is 17.2 Å². The summed E-state index contributed by atoms with van der Waals surface area (Å²) < 4.78 is 2.85. The SMILES string of the molecule is CCc1nn(C)c(Nc2ccc(Br)cc2C)c1N. The molecule has 0 spiro atoms. The van der Waals surface area contributed by atoms with E-state index < -0.39 is 0 Å². The normalized spacial score (nSPS) is 10.7. The molecule has 0 radical (unpaired) electrons. The van der Waals surface area contributed by atoms with Gasteiger partial charge in [0.2, 0.25) is 0 Å². The van der Waals surface area contributed by atoms with Gasteiger partial charge >= 0.3 is 0 Å². The molecule has 4 nitrogen and oxygen atoms in total. The van der Waals surface area contributed by atoms with Crippen LogP contribution in [0.3, 0.4) is 0 Å². The Morgan fingerprint density at radius 2 is 2.17 bits per heavy atom. The van der Waals surface area contributed by atoms with Crippen LogP contribution in [0.25, 0.3) is 0 Å². The Morgan fingerprint density at radius 1 is 1.44 bits per heavy atom. The number of hydrogen-bond acceptors (Lipinski definition) is 3. The van der Waals surface area contributed by atoms with Gasteiger partial charge in [-0.15, -0.1) is 0 Å². The van der Waals surface area contributed by atoms with Crippen LogP contribution in [0.4, 0.5) is 17.2 Å². The average molecular weight is 309 g/mol. The van der Waals surface area contributed by atoms with Crippen LogP contribution in [0, 0.1) is 6.92 Å². The summed E-state index contributed by atoms with van der Waals surface area (Å²) in [7, 11) is 1.89. The van der Waals surface area contributed by atoms with Crippen molar-refractivity contribution in [3.8, 4) is 0 Å². The molecule has 5 heteroatoms. The van der Waals surface area contributed by atoms with E-state index >= 15 is 0 Å². The molecular formula is C13H17BrN4. The smallest absolute Gasteiger partial charge is 0.152 e. The third kappa shape index (κ3) is 2.36. The van der Waals surface area contributed by atoms with Crippen LogP contribution < -0.4 is 11.1 Å². The highest BCUT2D eigenvalue weighted by Crippen LogP contribution is 2.28. The topological polar surface area (TPSA) is 55.9 Å². The maximum absolute atomic E-state index is 6.09. The lowest BCUT2D eigenvalue weighted by atomic mass is 10.2. The van der Waals surface area contributed by atoms with E-state index in [1.54, 1.807) is 4.68 Å².